The second-order valence-electron chi connectivity index (χ2n) is 11.6. The van der Waals surface area contributed by atoms with Crippen molar-refractivity contribution >= 4 is 39.1 Å². The number of unbranched alkanes of at least 4 members (excludes halogenated alkanes) is 1. The molecular weight excluding hydrogens is 618 g/mol. The predicted molar refractivity (Wildman–Crippen MR) is 185 cm³/mol. The predicted octanol–water partition coefficient (Wildman–Crippen LogP) is 7.02. The van der Waals surface area contributed by atoms with Gasteiger partial charge >= 0.3 is 0 Å². The SMILES string of the molecule is CCCCNC(=O)[C@H](Cc1ccccc1)N(Cc1ccc(C)cc1)C(=O)CN(c1cccc(Cl)c1C)S(=O)(=O)c1ccc(C)cc1. The number of benzene rings is 4. The van der Waals surface area contributed by atoms with Gasteiger partial charge in [0.05, 0.1) is 10.6 Å². The number of carbonyl (C=O) groups is 2. The van der Waals surface area contributed by atoms with Crippen molar-refractivity contribution in [3.63, 3.8) is 0 Å². The van der Waals surface area contributed by atoms with Crippen molar-refractivity contribution in [3.8, 4) is 0 Å². The van der Waals surface area contributed by atoms with Gasteiger partial charge in [-0.2, -0.15) is 0 Å². The summed E-state index contributed by atoms with van der Waals surface area (Å²) in [6.07, 6.45) is 1.96. The minimum atomic E-state index is -4.21. The molecule has 0 heterocycles. The lowest BCUT2D eigenvalue weighted by molar-refractivity contribution is -0.140. The molecule has 0 radical (unpaired) electrons. The average Bonchev–Trinajstić information content (AvgIpc) is 3.04. The molecule has 0 aromatic heterocycles. The number of halogens is 1. The molecule has 242 valence electrons. The first-order valence-corrected chi connectivity index (χ1v) is 17.3. The third kappa shape index (κ3) is 8.77. The number of nitrogens with zero attached hydrogens (tertiary/aromatic N) is 2. The van der Waals surface area contributed by atoms with Gasteiger partial charge in [0.25, 0.3) is 10.0 Å². The topological polar surface area (TPSA) is 86.8 Å². The van der Waals surface area contributed by atoms with Crippen LogP contribution >= 0.6 is 11.6 Å². The molecule has 0 aliphatic carbocycles. The summed E-state index contributed by atoms with van der Waals surface area (Å²) in [4.78, 5) is 30.0. The summed E-state index contributed by atoms with van der Waals surface area (Å²) in [6, 6.07) is 27.9. The molecule has 1 N–H and O–H groups in total. The van der Waals surface area contributed by atoms with E-state index >= 15 is 0 Å². The van der Waals surface area contributed by atoms with E-state index in [0.717, 1.165) is 39.4 Å². The van der Waals surface area contributed by atoms with Crippen LogP contribution in [0.1, 0.15) is 47.6 Å². The molecule has 0 bridgehead atoms. The zero-order valence-corrected chi connectivity index (χ0v) is 28.4. The molecule has 9 heteroatoms. The molecule has 7 nitrogen and oxygen atoms in total. The van der Waals surface area contributed by atoms with Gasteiger partial charge in [-0.05, 0) is 68.1 Å². The van der Waals surface area contributed by atoms with Crippen molar-refractivity contribution in [1.29, 1.82) is 0 Å². The van der Waals surface area contributed by atoms with E-state index in [4.69, 9.17) is 11.6 Å². The Morgan fingerprint density at radius 1 is 0.804 bits per heavy atom. The fourth-order valence-electron chi connectivity index (χ4n) is 5.17. The van der Waals surface area contributed by atoms with Gasteiger partial charge in [-0.15, -0.1) is 0 Å². The Morgan fingerprint density at radius 2 is 1.43 bits per heavy atom. The zero-order chi connectivity index (χ0) is 33.3. The molecule has 46 heavy (non-hydrogen) atoms. The largest absolute Gasteiger partial charge is 0.354 e. The van der Waals surface area contributed by atoms with Gasteiger partial charge in [0.2, 0.25) is 11.8 Å². The van der Waals surface area contributed by atoms with Crippen LogP contribution in [0.4, 0.5) is 5.69 Å². The third-order valence-electron chi connectivity index (χ3n) is 7.97. The van der Waals surface area contributed by atoms with E-state index in [2.05, 4.69) is 5.32 Å². The highest BCUT2D eigenvalue weighted by Crippen LogP contribution is 2.31. The molecule has 0 fully saturated rings. The van der Waals surface area contributed by atoms with Crippen molar-refractivity contribution in [2.75, 3.05) is 17.4 Å². The summed E-state index contributed by atoms with van der Waals surface area (Å²) < 4.78 is 29.6. The Hall–Kier alpha value is -4.14. The number of nitrogens with one attached hydrogen (secondary N) is 1. The van der Waals surface area contributed by atoms with Crippen molar-refractivity contribution < 1.29 is 18.0 Å². The Labute approximate surface area is 278 Å². The number of amides is 2. The first kappa shape index (κ1) is 34.7. The van der Waals surface area contributed by atoms with Crippen molar-refractivity contribution in [2.24, 2.45) is 0 Å². The highest BCUT2D eigenvalue weighted by atomic mass is 35.5. The summed E-state index contributed by atoms with van der Waals surface area (Å²) in [5.41, 5.74) is 4.49. The van der Waals surface area contributed by atoms with Crippen molar-refractivity contribution in [2.45, 2.75) is 64.4 Å². The molecule has 0 unspecified atom stereocenters. The maximum absolute atomic E-state index is 14.6. The lowest BCUT2D eigenvalue weighted by atomic mass is 10.0. The maximum Gasteiger partial charge on any atom is 0.264 e. The van der Waals surface area contributed by atoms with Gasteiger partial charge in [0.15, 0.2) is 0 Å². The van der Waals surface area contributed by atoms with Crippen LogP contribution in [-0.4, -0.2) is 44.3 Å². The van der Waals surface area contributed by atoms with Crippen molar-refractivity contribution in [3.05, 3.63) is 130 Å². The van der Waals surface area contributed by atoms with Crippen molar-refractivity contribution in [1.82, 2.24) is 10.2 Å². The van der Waals surface area contributed by atoms with E-state index < -0.39 is 28.5 Å². The second-order valence-corrected chi connectivity index (χ2v) is 13.8. The molecular formula is C37H42ClN3O4S. The standard InChI is InChI=1S/C37H42ClN3O4S/c1-5-6-23-39-37(43)35(24-30-11-8-7-9-12-30)40(25-31-19-15-27(2)16-20-31)36(42)26-41(34-14-10-13-33(38)29(34)4)46(44,45)32-21-17-28(3)18-22-32/h7-22,35H,5-6,23-26H2,1-4H3,(H,39,43)/t35-/m0/s1. The van der Waals surface area contributed by atoms with Crippen LogP contribution in [0.15, 0.2) is 102 Å². The van der Waals surface area contributed by atoms with Gasteiger partial charge in [0, 0.05) is 24.5 Å². The summed E-state index contributed by atoms with van der Waals surface area (Å²) in [7, 11) is -4.21. The van der Waals surface area contributed by atoms with Crippen LogP contribution in [0.3, 0.4) is 0 Å². The Kier molecular flexibility index (Phi) is 12.0. The molecule has 0 saturated heterocycles. The fourth-order valence-corrected chi connectivity index (χ4v) is 6.81. The minimum absolute atomic E-state index is 0.0495. The second kappa shape index (κ2) is 15.9. The molecule has 0 aliphatic rings. The summed E-state index contributed by atoms with van der Waals surface area (Å²) in [5.74, 6) is -0.799. The number of hydrogen-bond acceptors (Lipinski definition) is 4. The van der Waals surface area contributed by atoms with E-state index in [9.17, 15) is 18.0 Å². The lowest BCUT2D eigenvalue weighted by Gasteiger charge is -2.34. The van der Waals surface area contributed by atoms with Gasteiger partial charge in [0.1, 0.15) is 12.6 Å². The molecule has 0 spiro atoms. The summed E-state index contributed by atoms with van der Waals surface area (Å²) >= 11 is 6.47. The average molecular weight is 660 g/mol. The minimum Gasteiger partial charge on any atom is -0.354 e. The van der Waals surface area contributed by atoms with E-state index in [1.165, 1.54) is 17.0 Å². The van der Waals surface area contributed by atoms with Gasteiger partial charge in [-0.1, -0.05) is 109 Å². The molecule has 2 amide bonds. The number of aryl methyl sites for hydroxylation is 2. The quantitative estimate of drug-likeness (QED) is 0.148. The number of anilines is 1. The van der Waals surface area contributed by atoms with Crippen LogP contribution in [0.5, 0.6) is 0 Å². The molecule has 0 aliphatic heterocycles. The molecule has 4 aromatic carbocycles. The number of carbonyl (C=O) groups excluding carboxylic acids is 2. The highest BCUT2D eigenvalue weighted by Gasteiger charge is 2.35. The molecule has 1 atom stereocenters. The normalized spacial score (nSPS) is 11.9. The highest BCUT2D eigenvalue weighted by molar-refractivity contribution is 7.92. The Balaban J connectivity index is 1.81. The number of rotatable bonds is 14. The van der Waals surface area contributed by atoms with Gasteiger partial charge < -0.3 is 10.2 Å². The lowest BCUT2D eigenvalue weighted by Crippen LogP contribution is -2.53. The van der Waals surface area contributed by atoms with Crippen LogP contribution in [0.25, 0.3) is 0 Å². The van der Waals surface area contributed by atoms with E-state index in [1.807, 2.05) is 75.4 Å². The Bertz CT molecular complexity index is 1730. The molecule has 4 rings (SSSR count). The van der Waals surface area contributed by atoms with Crippen LogP contribution < -0.4 is 9.62 Å². The monoisotopic (exact) mass is 659 g/mol. The maximum atomic E-state index is 14.6. The first-order chi connectivity index (χ1) is 22.0. The van der Waals surface area contributed by atoms with Gasteiger partial charge in [-0.3, -0.25) is 13.9 Å². The van der Waals surface area contributed by atoms with E-state index in [-0.39, 0.29) is 23.8 Å². The van der Waals surface area contributed by atoms with Crippen LogP contribution in [0.2, 0.25) is 5.02 Å². The third-order valence-corrected chi connectivity index (χ3v) is 10.2. The fraction of sp³-hybridized carbons (Fsp3) is 0.297. The number of hydrogen-bond donors (Lipinski definition) is 1. The number of sulfonamides is 1. The summed E-state index contributed by atoms with van der Waals surface area (Å²) in [5, 5.41) is 3.39. The molecule has 0 saturated carbocycles. The zero-order valence-electron chi connectivity index (χ0n) is 26.9. The molecule has 4 aromatic rings. The van der Waals surface area contributed by atoms with E-state index in [1.54, 1.807) is 37.3 Å². The van der Waals surface area contributed by atoms with Crippen LogP contribution in [-0.2, 0) is 32.6 Å². The Morgan fingerprint density at radius 3 is 2.07 bits per heavy atom. The summed E-state index contributed by atoms with van der Waals surface area (Å²) in [6.45, 7) is 7.68. The smallest absolute Gasteiger partial charge is 0.264 e. The van der Waals surface area contributed by atoms with Gasteiger partial charge in [-0.25, -0.2) is 8.42 Å². The van der Waals surface area contributed by atoms with E-state index in [0.29, 0.717) is 22.8 Å². The van der Waals surface area contributed by atoms with Crippen LogP contribution in [0, 0.1) is 20.8 Å². The first-order valence-electron chi connectivity index (χ1n) is 15.5.